The molecule has 1 aliphatic heterocycles. The second kappa shape index (κ2) is 6.59. The van der Waals surface area contributed by atoms with Crippen LogP contribution in [-0.4, -0.2) is 24.0 Å². The van der Waals surface area contributed by atoms with Crippen LogP contribution in [0.15, 0.2) is 28.7 Å². The Morgan fingerprint density at radius 3 is 2.85 bits per heavy atom. The van der Waals surface area contributed by atoms with Crippen molar-refractivity contribution in [3.63, 3.8) is 0 Å². The molecule has 3 unspecified atom stereocenters. The van der Waals surface area contributed by atoms with Crippen molar-refractivity contribution in [1.82, 2.24) is 4.90 Å². The lowest BCUT2D eigenvalue weighted by Crippen LogP contribution is -2.43. The number of fused-ring (bicyclic) bond motifs is 1. The lowest BCUT2D eigenvalue weighted by Gasteiger charge is -2.38. The van der Waals surface area contributed by atoms with E-state index < -0.39 is 0 Å². The van der Waals surface area contributed by atoms with Gasteiger partial charge in [0.15, 0.2) is 0 Å². The lowest BCUT2D eigenvalue weighted by atomic mass is 9.91. The summed E-state index contributed by atoms with van der Waals surface area (Å²) in [7, 11) is 0. The molecule has 1 saturated carbocycles. The molecule has 2 aliphatic rings. The maximum Gasteiger partial charge on any atom is 0.0318 e. The van der Waals surface area contributed by atoms with Gasteiger partial charge in [-0.3, -0.25) is 0 Å². The van der Waals surface area contributed by atoms with Crippen LogP contribution >= 0.6 is 15.9 Å². The van der Waals surface area contributed by atoms with E-state index in [2.05, 4.69) is 39.0 Å². The average molecular weight is 337 g/mol. The molecule has 0 bridgehead atoms. The number of benzene rings is 1. The fraction of sp³-hybridized carbons (Fsp3) is 0.647. The Kier molecular flexibility index (Phi) is 4.79. The van der Waals surface area contributed by atoms with Gasteiger partial charge in [0.2, 0.25) is 0 Å². The zero-order valence-corrected chi connectivity index (χ0v) is 13.7. The zero-order valence-electron chi connectivity index (χ0n) is 12.1. The number of nitrogens with two attached hydrogens (primary N) is 1. The number of piperidine rings is 1. The fourth-order valence-electron chi connectivity index (χ4n) is 4.07. The number of rotatable bonds is 4. The lowest BCUT2D eigenvalue weighted by molar-refractivity contribution is 0.109. The first-order valence-electron chi connectivity index (χ1n) is 8.00. The standard InChI is InChI=1S/C17H25BrN2/c18-15-8-2-1-7-14(15)16(19)10-12-20-11-4-6-13-5-3-9-17(13)20/h1-2,7-8,13,16-17H,3-6,9-12,19H2. The van der Waals surface area contributed by atoms with Crippen molar-refractivity contribution >= 4 is 15.9 Å². The SMILES string of the molecule is NC(CCN1CCCC2CCCC21)c1ccccc1Br. The molecule has 20 heavy (non-hydrogen) atoms. The van der Waals surface area contributed by atoms with Crippen molar-refractivity contribution in [3.8, 4) is 0 Å². The van der Waals surface area contributed by atoms with Crippen LogP contribution in [0.3, 0.4) is 0 Å². The zero-order chi connectivity index (χ0) is 13.9. The molecule has 0 spiro atoms. The van der Waals surface area contributed by atoms with Crippen LogP contribution in [0.1, 0.15) is 50.1 Å². The molecule has 1 aromatic rings. The van der Waals surface area contributed by atoms with Gasteiger partial charge in [-0.25, -0.2) is 0 Å². The van der Waals surface area contributed by atoms with E-state index >= 15 is 0 Å². The van der Waals surface area contributed by atoms with E-state index in [4.69, 9.17) is 5.73 Å². The monoisotopic (exact) mass is 336 g/mol. The molecular formula is C17H25BrN2. The summed E-state index contributed by atoms with van der Waals surface area (Å²) in [6.45, 7) is 2.44. The summed E-state index contributed by atoms with van der Waals surface area (Å²) >= 11 is 3.61. The molecule has 2 N–H and O–H groups in total. The smallest absolute Gasteiger partial charge is 0.0318 e. The minimum Gasteiger partial charge on any atom is -0.324 e. The maximum absolute atomic E-state index is 6.39. The molecule has 2 fully saturated rings. The van der Waals surface area contributed by atoms with Gasteiger partial charge in [0.05, 0.1) is 0 Å². The largest absolute Gasteiger partial charge is 0.324 e. The Morgan fingerprint density at radius 1 is 1.20 bits per heavy atom. The highest BCUT2D eigenvalue weighted by molar-refractivity contribution is 9.10. The number of nitrogens with zero attached hydrogens (tertiary/aromatic N) is 1. The number of halogens is 1. The number of hydrogen-bond acceptors (Lipinski definition) is 2. The van der Waals surface area contributed by atoms with Crippen LogP contribution in [0.4, 0.5) is 0 Å². The normalized spacial score (nSPS) is 28.3. The topological polar surface area (TPSA) is 29.3 Å². The molecule has 110 valence electrons. The van der Waals surface area contributed by atoms with E-state index in [1.807, 2.05) is 6.07 Å². The molecule has 1 aliphatic carbocycles. The Labute approximate surface area is 130 Å². The van der Waals surface area contributed by atoms with Gasteiger partial charge in [-0.1, -0.05) is 40.5 Å². The maximum atomic E-state index is 6.39. The second-order valence-electron chi connectivity index (χ2n) is 6.35. The van der Waals surface area contributed by atoms with Crippen LogP contribution in [-0.2, 0) is 0 Å². The Balaban J connectivity index is 1.57. The van der Waals surface area contributed by atoms with Gasteiger partial charge in [-0.05, 0) is 56.2 Å². The number of likely N-dealkylation sites (tertiary alicyclic amines) is 1. The summed E-state index contributed by atoms with van der Waals surface area (Å²) in [6.07, 6.45) is 8.20. The van der Waals surface area contributed by atoms with Crippen molar-refractivity contribution < 1.29 is 0 Å². The first-order chi connectivity index (χ1) is 9.75. The molecule has 3 atom stereocenters. The predicted molar refractivity (Wildman–Crippen MR) is 87.6 cm³/mol. The summed E-state index contributed by atoms with van der Waals surface area (Å²) in [5, 5.41) is 0. The van der Waals surface area contributed by atoms with Crippen molar-refractivity contribution in [2.75, 3.05) is 13.1 Å². The van der Waals surface area contributed by atoms with Gasteiger partial charge in [-0.15, -0.1) is 0 Å². The van der Waals surface area contributed by atoms with E-state index in [1.54, 1.807) is 0 Å². The van der Waals surface area contributed by atoms with Crippen molar-refractivity contribution in [3.05, 3.63) is 34.3 Å². The van der Waals surface area contributed by atoms with Gasteiger partial charge in [0.1, 0.15) is 0 Å². The minimum atomic E-state index is 0.146. The first-order valence-corrected chi connectivity index (χ1v) is 8.79. The minimum absolute atomic E-state index is 0.146. The fourth-order valence-corrected chi connectivity index (χ4v) is 4.65. The van der Waals surface area contributed by atoms with Crippen LogP contribution < -0.4 is 5.73 Å². The van der Waals surface area contributed by atoms with Gasteiger partial charge >= 0.3 is 0 Å². The van der Waals surface area contributed by atoms with Gasteiger partial charge < -0.3 is 10.6 Å². The highest BCUT2D eigenvalue weighted by Crippen LogP contribution is 2.37. The summed E-state index contributed by atoms with van der Waals surface area (Å²) in [4.78, 5) is 2.72. The van der Waals surface area contributed by atoms with E-state index in [0.717, 1.165) is 29.4 Å². The third-order valence-corrected chi connectivity index (χ3v) is 5.86. The van der Waals surface area contributed by atoms with Crippen LogP contribution in [0.5, 0.6) is 0 Å². The van der Waals surface area contributed by atoms with E-state index in [1.165, 1.54) is 44.2 Å². The molecule has 1 aromatic carbocycles. The second-order valence-corrected chi connectivity index (χ2v) is 7.21. The highest BCUT2D eigenvalue weighted by Gasteiger charge is 2.34. The summed E-state index contributed by atoms with van der Waals surface area (Å²) < 4.78 is 1.14. The van der Waals surface area contributed by atoms with Gasteiger partial charge in [-0.2, -0.15) is 0 Å². The Bertz CT molecular complexity index is 448. The summed E-state index contributed by atoms with van der Waals surface area (Å²) in [5.74, 6) is 0.975. The van der Waals surface area contributed by atoms with Crippen LogP contribution in [0, 0.1) is 5.92 Å². The van der Waals surface area contributed by atoms with Crippen molar-refractivity contribution in [2.45, 2.75) is 50.6 Å². The van der Waals surface area contributed by atoms with Crippen LogP contribution in [0.2, 0.25) is 0 Å². The van der Waals surface area contributed by atoms with E-state index in [0.29, 0.717) is 0 Å². The Morgan fingerprint density at radius 2 is 2.00 bits per heavy atom. The average Bonchev–Trinajstić information content (AvgIpc) is 2.94. The molecule has 2 nitrogen and oxygen atoms in total. The number of hydrogen-bond donors (Lipinski definition) is 1. The van der Waals surface area contributed by atoms with E-state index in [-0.39, 0.29) is 6.04 Å². The third kappa shape index (κ3) is 3.10. The van der Waals surface area contributed by atoms with Crippen molar-refractivity contribution in [1.29, 1.82) is 0 Å². The predicted octanol–water partition coefficient (Wildman–Crippen LogP) is 4.10. The third-order valence-electron chi connectivity index (χ3n) is 5.14. The molecule has 0 amide bonds. The van der Waals surface area contributed by atoms with E-state index in [9.17, 15) is 0 Å². The summed E-state index contributed by atoms with van der Waals surface area (Å²) in [6, 6.07) is 9.36. The molecule has 1 saturated heterocycles. The quantitative estimate of drug-likeness (QED) is 0.896. The first kappa shape index (κ1) is 14.6. The van der Waals surface area contributed by atoms with Gasteiger partial charge in [0, 0.05) is 23.1 Å². The van der Waals surface area contributed by atoms with Crippen molar-refractivity contribution in [2.24, 2.45) is 11.7 Å². The Hall–Kier alpha value is -0.380. The molecule has 3 rings (SSSR count). The van der Waals surface area contributed by atoms with Crippen LogP contribution in [0.25, 0.3) is 0 Å². The molecule has 0 aromatic heterocycles. The highest BCUT2D eigenvalue weighted by atomic mass is 79.9. The summed E-state index contributed by atoms with van der Waals surface area (Å²) in [5.41, 5.74) is 7.64. The van der Waals surface area contributed by atoms with Gasteiger partial charge in [0.25, 0.3) is 0 Å². The molecule has 1 heterocycles. The molecule has 0 radical (unpaired) electrons. The molecular weight excluding hydrogens is 312 g/mol. The molecule has 3 heteroatoms.